The van der Waals surface area contributed by atoms with Crippen molar-refractivity contribution in [3.8, 4) is 0 Å². The molecule has 0 radical (unpaired) electrons. The molecule has 1 aromatic heterocycles. The van der Waals surface area contributed by atoms with Crippen LogP contribution in [0.5, 0.6) is 0 Å². The van der Waals surface area contributed by atoms with Gasteiger partial charge in [0.25, 0.3) is 0 Å². The summed E-state index contributed by atoms with van der Waals surface area (Å²) in [6, 6.07) is 15.0. The third-order valence-electron chi connectivity index (χ3n) is 4.18. The van der Waals surface area contributed by atoms with Crippen molar-refractivity contribution in [2.75, 3.05) is 13.7 Å². The van der Waals surface area contributed by atoms with E-state index in [9.17, 15) is 0 Å². The molecule has 4 heteroatoms. The number of thioether (sulfide) groups is 1. The molecule has 0 atom stereocenters. The van der Waals surface area contributed by atoms with E-state index in [0.717, 1.165) is 23.1 Å². The number of methoxy groups -OCH3 is 1. The summed E-state index contributed by atoms with van der Waals surface area (Å²) in [4.78, 5) is 4.73. The van der Waals surface area contributed by atoms with Gasteiger partial charge in [-0.2, -0.15) is 0 Å². The molecule has 0 aliphatic rings. The van der Waals surface area contributed by atoms with E-state index in [1.807, 2.05) is 0 Å². The molecule has 2 aromatic carbocycles. The molecule has 0 bridgehead atoms. The van der Waals surface area contributed by atoms with Crippen molar-refractivity contribution in [1.82, 2.24) is 9.55 Å². The van der Waals surface area contributed by atoms with Gasteiger partial charge >= 0.3 is 0 Å². The minimum atomic E-state index is 0.707. The highest BCUT2D eigenvalue weighted by atomic mass is 32.2. The van der Waals surface area contributed by atoms with Gasteiger partial charge in [-0.15, -0.1) is 0 Å². The summed E-state index contributed by atoms with van der Waals surface area (Å²) in [5.74, 6) is 0.921. The molecule has 120 valence electrons. The summed E-state index contributed by atoms with van der Waals surface area (Å²) < 4.78 is 7.49. The van der Waals surface area contributed by atoms with Crippen LogP contribution in [0, 0.1) is 13.8 Å². The summed E-state index contributed by atoms with van der Waals surface area (Å²) in [6.45, 7) is 5.75. The number of benzene rings is 2. The number of hydrogen-bond donors (Lipinski definition) is 0. The van der Waals surface area contributed by atoms with Gasteiger partial charge in [0, 0.05) is 25.1 Å². The second-order valence-corrected chi connectivity index (χ2v) is 6.58. The Labute approximate surface area is 141 Å². The maximum Gasteiger partial charge on any atom is 0.168 e. The summed E-state index contributed by atoms with van der Waals surface area (Å²) in [6.07, 6.45) is 0. The van der Waals surface area contributed by atoms with Crippen molar-refractivity contribution in [3.05, 3.63) is 59.4 Å². The summed E-state index contributed by atoms with van der Waals surface area (Å²) in [5, 5.41) is 3.69. The predicted molar refractivity (Wildman–Crippen MR) is 97.1 cm³/mol. The molecule has 0 saturated heterocycles. The van der Waals surface area contributed by atoms with E-state index in [-0.39, 0.29) is 0 Å². The quantitative estimate of drug-likeness (QED) is 0.620. The third kappa shape index (κ3) is 3.43. The zero-order chi connectivity index (χ0) is 16.2. The Morgan fingerprint density at radius 3 is 2.70 bits per heavy atom. The van der Waals surface area contributed by atoms with Gasteiger partial charge in [0.05, 0.1) is 12.3 Å². The van der Waals surface area contributed by atoms with Crippen molar-refractivity contribution in [1.29, 1.82) is 0 Å². The first kappa shape index (κ1) is 16.1. The van der Waals surface area contributed by atoms with Crippen LogP contribution in [-0.2, 0) is 17.0 Å². The zero-order valence-electron chi connectivity index (χ0n) is 13.9. The molecule has 0 unspecified atom stereocenters. The number of nitrogens with zero attached hydrogens (tertiary/aromatic N) is 2. The molecule has 0 amide bonds. The molecule has 3 rings (SSSR count). The minimum absolute atomic E-state index is 0.707. The normalized spacial score (nSPS) is 11.3. The molecule has 0 N–H and O–H groups in total. The first-order chi connectivity index (χ1) is 11.2. The molecule has 3 nitrogen and oxygen atoms in total. The molecule has 1 heterocycles. The topological polar surface area (TPSA) is 27.1 Å². The Kier molecular flexibility index (Phi) is 5.03. The SMILES string of the molecule is COCCn1c(SCc2cccc3ccccc23)nc(C)c1C. The van der Waals surface area contributed by atoms with Crippen LogP contribution in [0.1, 0.15) is 17.0 Å². The maximum absolute atomic E-state index is 5.23. The second kappa shape index (κ2) is 7.20. The fraction of sp³-hybridized carbons (Fsp3) is 0.316. The summed E-state index contributed by atoms with van der Waals surface area (Å²) in [7, 11) is 1.74. The fourth-order valence-corrected chi connectivity index (χ4v) is 3.86. The largest absolute Gasteiger partial charge is 0.383 e. The van der Waals surface area contributed by atoms with E-state index in [1.54, 1.807) is 18.9 Å². The van der Waals surface area contributed by atoms with Crippen LogP contribution in [0.15, 0.2) is 47.6 Å². The Hall–Kier alpha value is -1.78. The molecule has 3 aromatic rings. The van der Waals surface area contributed by atoms with E-state index in [0.29, 0.717) is 6.61 Å². The number of imidazole rings is 1. The lowest BCUT2D eigenvalue weighted by Gasteiger charge is -2.10. The highest BCUT2D eigenvalue weighted by molar-refractivity contribution is 7.98. The lowest BCUT2D eigenvalue weighted by molar-refractivity contribution is 0.184. The average Bonchev–Trinajstić information content (AvgIpc) is 2.85. The first-order valence-electron chi connectivity index (χ1n) is 7.83. The zero-order valence-corrected chi connectivity index (χ0v) is 14.7. The number of fused-ring (bicyclic) bond motifs is 1. The van der Waals surface area contributed by atoms with Crippen LogP contribution in [0.25, 0.3) is 10.8 Å². The number of ether oxygens (including phenoxy) is 1. The maximum atomic E-state index is 5.23. The smallest absolute Gasteiger partial charge is 0.168 e. The molecule has 0 aliphatic carbocycles. The van der Waals surface area contributed by atoms with E-state index >= 15 is 0 Å². The molecule has 0 aliphatic heterocycles. The van der Waals surface area contributed by atoms with Crippen LogP contribution < -0.4 is 0 Å². The Balaban J connectivity index is 1.84. The van der Waals surface area contributed by atoms with Crippen LogP contribution in [-0.4, -0.2) is 23.3 Å². The summed E-state index contributed by atoms with van der Waals surface area (Å²) >= 11 is 1.80. The van der Waals surface area contributed by atoms with Crippen LogP contribution >= 0.6 is 11.8 Å². The van der Waals surface area contributed by atoms with E-state index in [4.69, 9.17) is 9.72 Å². The first-order valence-corrected chi connectivity index (χ1v) is 8.81. The molecule has 0 saturated carbocycles. The number of aryl methyl sites for hydroxylation is 1. The minimum Gasteiger partial charge on any atom is -0.383 e. The van der Waals surface area contributed by atoms with Gasteiger partial charge in [0.1, 0.15) is 0 Å². The van der Waals surface area contributed by atoms with Gasteiger partial charge in [0.15, 0.2) is 5.16 Å². The Morgan fingerprint density at radius 1 is 1.09 bits per heavy atom. The highest BCUT2D eigenvalue weighted by Crippen LogP contribution is 2.28. The number of aromatic nitrogens is 2. The molecule has 0 spiro atoms. The average molecular weight is 326 g/mol. The van der Waals surface area contributed by atoms with Gasteiger partial charge < -0.3 is 9.30 Å². The van der Waals surface area contributed by atoms with Gasteiger partial charge in [-0.1, -0.05) is 54.2 Å². The Bertz CT molecular complexity index is 805. The molecule has 0 fully saturated rings. The fourth-order valence-electron chi connectivity index (χ4n) is 2.74. The lowest BCUT2D eigenvalue weighted by atomic mass is 10.1. The molecular weight excluding hydrogens is 304 g/mol. The molecular formula is C19H22N2OS. The van der Waals surface area contributed by atoms with Gasteiger partial charge in [-0.3, -0.25) is 0 Å². The highest BCUT2D eigenvalue weighted by Gasteiger charge is 2.12. The Morgan fingerprint density at radius 2 is 1.87 bits per heavy atom. The second-order valence-electron chi connectivity index (χ2n) is 5.64. The van der Waals surface area contributed by atoms with Crippen LogP contribution in [0.3, 0.4) is 0 Å². The monoisotopic (exact) mass is 326 g/mol. The third-order valence-corrected chi connectivity index (χ3v) is 5.20. The van der Waals surface area contributed by atoms with Gasteiger partial charge in [-0.05, 0) is 30.2 Å². The van der Waals surface area contributed by atoms with Crippen molar-refractivity contribution in [3.63, 3.8) is 0 Å². The van der Waals surface area contributed by atoms with E-state index in [2.05, 4.69) is 60.9 Å². The standard InChI is InChI=1S/C19H22N2OS/c1-14-15(2)21(11-12-22-3)19(20-14)23-13-17-9-6-8-16-7-4-5-10-18(16)17/h4-10H,11-13H2,1-3H3. The number of rotatable bonds is 6. The number of hydrogen-bond acceptors (Lipinski definition) is 3. The van der Waals surface area contributed by atoms with Gasteiger partial charge in [0.2, 0.25) is 0 Å². The van der Waals surface area contributed by atoms with Crippen molar-refractivity contribution in [2.24, 2.45) is 0 Å². The van der Waals surface area contributed by atoms with Crippen LogP contribution in [0.2, 0.25) is 0 Å². The van der Waals surface area contributed by atoms with Crippen LogP contribution in [0.4, 0.5) is 0 Å². The lowest BCUT2D eigenvalue weighted by Crippen LogP contribution is -2.07. The van der Waals surface area contributed by atoms with E-state index in [1.165, 1.54) is 22.0 Å². The van der Waals surface area contributed by atoms with Crippen molar-refractivity contribution >= 4 is 22.5 Å². The molecule has 23 heavy (non-hydrogen) atoms. The summed E-state index contributed by atoms with van der Waals surface area (Å²) in [5.41, 5.74) is 3.67. The van der Waals surface area contributed by atoms with E-state index < -0.39 is 0 Å². The predicted octanol–water partition coefficient (Wildman–Crippen LogP) is 4.59. The van der Waals surface area contributed by atoms with Crippen molar-refractivity contribution in [2.45, 2.75) is 31.3 Å². The van der Waals surface area contributed by atoms with Gasteiger partial charge in [-0.25, -0.2) is 4.98 Å². The van der Waals surface area contributed by atoms with Crippen molar-refractivity contribution < 1.29 is 4.74 Å².